The lowest BCUT2D eigenvalue weighted by Gasteiger charge is -2.05. The first kappa shape index (κ1) is 13.7. The zero-order valence-corrected chi connectivity index (χ0v) is 10.9. The molecule has 102 valence electrons. The Hall–Kier alpha value is -1.69. The third-order valence-electron chi connectivity index (χ3n) is 2.59. The van der Waals surface area contributed by atoms with Crippen LogP contribution in [0.3, 0.4) is 0 Å². The second-order valence-corrected chi connectivity index (χ2v) is 4.29. The Bertz CT molecular complexity index is 608. The van der Waals surface area contributed by atoms with E-state index in [9.17, 15) is 13.2 Å². The summed E-state index contributed by atoms with van der Waals surface area (Å²) in [5.41, 5.74) is -0.344. The van der Waals surface area contributed by atoms with E-state index in [1.807, 2.05) is 0 Å². The fraction of sp³-hybridized carbons (Fsp3) is 0.250. The number of methoxy groups -OCH3 is 1. The van der Waals surface area contributed by atoms with E-state index in [4.69, 9.17) is 16.3 Å². The molecule has 0 atom stereocenters. The molecule has 0 unspecified atom stereocenters. The number of alkyl halides is 3. The Balaban J connectivity index is 2.63. The Morgan fingerprint density at radius 2 is 2.00 bits per heavy atom. The molecule has 0 fully saturated rings. The minimum atomic E-state index is -4.57. The summed E-state index contributed by atoms with van der Waals surface area (Å²) in [7, 11) is 1.18. The molecule has 0 saturated carbocycles. The van der Waals surface area contributed by atoms with Gasteiger partial charge in [-0.15, -0.1) is 0 Å². The van der Waals surface area contributed by atoms with Crippen LogP contribution in [-0.4, -0.2) is 16.9 Å². The maximum atomic E-state index is 12.8. The number of rotatable bonds is 2. The maximum absolute atomic E-state index is 12.8. The van der Waals surface area contributed by atoms with E-state index in [0.29, 0.717) is 10.7 Å². The van der Waals surface area contributed by atoms with Crippen molar-refractivity contribution in [3.05, 3.63) is 40.7 Å². The number of aromatic nitrogens is 2. The van der Waals surface area contributed by atoms with Crippen LogP contribution in [0.15, 0.2) is 24.3 Å². The van der Waals surface area contributed by atoms with E-state index in [1.54, 1.807) is 18.2 Å². The van der Waals surface area contributed by atoms with Crippen molar-refractivity contribution in [2.24, 2.45) is 0 Å². The summed E-state index contributed by atoms with van der Waals surface area (Å²) in [6.45, 7) is 1.50. The highest BCUT2D eigenvalue weighted by atomic mass is 35.5. The van der Waals surface area contributed by atoms with Gasteiger partial charge < -0.3 is 4.74 Å². The average molecular weight is 291 g/mol. The van der Waals surface area contributed by atoms with Crippen LogP contribution in [0.1, 0.15) is 11.4 Å². The van der Waals surface area contributed by atoms with Gasteiger partial charge in [-0.1, -0.05) is 17.7 Å². The molecular weight excluding hydrogens is 281 g/mol. The fourth-order valence-corrected chi connectivity index (χ4v) is 1.96. The zero-order chi connectivity index (χ0) is 14.2. The predicted molar refractivity (Wildman–Crippen MR) is 64.9 cm³/mol. The number of benzene rings is 1. The predicted octanol–water partition coefficient (Wildman–Crippen LogP) is 3.86. The van der Waals surface area contributed by atoms with Gasteiger partial charge in [0.15, 0.2) is 5.75 Å². The minimum Gasteiger partial charge on any atom is -0.493 e. The van der Waals surface area contributed by atoms with Crippen molar-refractivity contribution in [1.29, 1.82) is 0 Å². The summed E-state index contributed by atoms with van der Waals surface area (Å²) >= 11 is 5.82. The molecule has 19 heavy (non-hydrogen) atoms. The van der Waals surface area contributed by atoms with Gasteiger partial charge in [0, 0.05) is 5.02 Å². The quantitative estimate of drug-likeness (QED) is 0.840. The fourth-order valence-electron chi connectivity index (χ4n) is 1.78. The molecule has 0 amide bonds. The van der Waals surface area contributed by atoms with Crippen molar-refractivity contribution in [2.75, 3.05) is 7.11 Å². The van der Waals surface area contributed by atoms with Gasteiger partial charge in [0.05, 0.1) is 18.5 Å². The van der Waals surface area contributed by atoms with Crippen molar-refractivity contribution in [3.8, 4) is 11.4 Å². The third-order valence-corrected chi connectivity index (χ3v) is 2.82. The van der Waals surface area contributed by atoms with Crippen LogP contribution in [0.25, 0.3) is 5.69 Å². The molecule has 0 radical (unpaired) electrons. The highest BCUT2D eigenvalue weighted by Crippen LogP contribution is 2.38. The van der Waals surface area contributed by atoms with E-state index in [-0.39, 0.29) is 11.4 Å². The largest absolute Gasteiger partial charge is 0.493 e. The van der Waals surface area contributed by atoms with Crippen LogP contribution >= 0.6 is 11.6 Å². The first-order valence-electron chi connectivity index (χ1n) is 5.31. The normalized spacial score (nSPS) is 11.7. The van der Waals surface area contributed by atoms with Crippen LogP contribution in [0.5, 0.6) is 5.75 Å². The number of hydrogen-bond acceptors (Lipinski definition) is 2. The summed E-state index contributed by atoms with van der Waals surface area (Å²) in [6, 6.07) is 6.41. The second-order valence-electron chi connectivity index (χ2n) is 3.86. The van der Waals surface area contributed by atoms with Gasteiger partial charge in [0.1, 0.15) is 0 Å². The lowest BCUT2D eigenvalue weighted by molar-refractivity contribution is -0.142. The van der Waals surface area contributed by atoms with Crippen molar-refractivity contribution in [2.45, 2.75) is 13.1 Å². The molecule has 7 heteroatoms. The van der Waals surface area contributed by atoms with Crippen LogP contribution < -0.4 is 4.74 Å². The minimum absolute atomic E-state index is 0.261. The van der Waals surface area contributed by atoms with Gasteiger partial charge in [0.2, 0.25) is 5.69 Å². The van der Waals surface area contributed by atoms with E-state index >= 15 is 0 Å². The second kappa shape index (κ2) is 4.77. The topological polar surface area (TPSA) is 27.1 Å². The van der Waals surface area contributed by atoms with E-state index in [1.165, 1.54) is 20.1 Å². The maximum Gasteiger partial charge on any atom is 0.438 e. The molecule has 3 nitrogen and oxygen atoms in total. The van der Waals surface area contributed by atoms with Gasteiger partial charge in [0.25, 0.3) is 0 Å². The molecule has 0 saturated heterocycles. The molecule has 0 aliphatic heterocycles. The zero-order valence-electron chi connectivity index (χ0n) is 10.1. The first-order chi connectivity index (χ1) is 8.84. The molecule has 0 spiro atoms. The highest BCUT2D eigenvalue weighted by Gasteiger charge is 2.39. The molecule has 1 aromatic heterocycles. The summed E-state index contributed by atoms with van der Waals surface area (Å²) in [5, 5.41) is 3.99. The molecule has 0 aliphatic carbocycles. The van der Waals surface area contributed by atoms with Gasteiger partial charge in [-0.05, 0) is 25.1 Å². The molecule has 2 rings (SSSR count). The summed E-state index contributed by atoms with van der Waals surface area (Å²) in [5.74, 6) is -0.285. The van der Waals surface area contributed by atoms with E-state index < -0.39 is 11.9 Å². The molecule has 0 bridgehead atoms. The number of nitrogens with zero attached hydrogens (tertiary/aromatic N) is 2. The van der Waals surface area contributed by atoms with Crippen LogP contribution in [0.4, 0.5) is 13.2 Å². The van der Waals surface area contributed by atoms with Crippen molar-refractivity contribution in [1.82, 2.24) is 9.78 Å². The lowest BCUT2D eigenvalue weighted by atomic mass is 10.3. The molecule has 1 heterocycles. The first-order valence-corrected chi connectivity index (χ1v) is 5.69. The van der Waals surface area contributed by atoms with E-state index in [2.05, 4.69) is 5.10 Å². The van der Waals surface area contributed by atoms with Crippen LogP contribution in [0.2, 0.25) is 5.02 Å². The summed E-state index contributed by atoms with van der Waals surface area (Å²) < 4.78 is 44.5. The third kappa shape index (κ3) is 2.53. The Morgan fingerprint density at radius 1 is 1.32 bits per heavy atom. The Labute approximate surface area is 112 Å². The number of hydrogen-bond donors (Lipinski definition) is 0. The molecule has 2 aromatic rings. The number of halogens is 4. The van der Waals surface area contributed by atoms with Gasteiger partial charge in [-0.2, -0.15) is 18.3 Å². The standard InChI is InChI=1S/C12H10ClF3N2O/c1-7-10(19-2)11(12(14,15)16)17-18(7)9-5-3-4-8(13)6-9/h3-6H,1-2H3. The highest BCUT2D eigenvalue weighted by molar-refractivity contribution is 6.30. The Kier molecular flexibility index (Phi) is 3.45. The van der Waals surface area contributed by atoms with Crippen molar-refractivity contribution in [3.63, 3.8) is 0 Å². The molecular formula is C12H10ClF3N2O. The lowest BCUT2D eigenvalue weighted by Crippen LogP contribution is -2.08. The van der Waals surface area contributed by atoms with E-state index in [0.717, 1.165) is 4.68 Å². The van der Waals surface area contributed by atoms with Crippen molar-refractivity contribution >= 4 is 11.6 Å². The van der Waals surface area contributed by atoms with Crippen LogP contribution in [0, 0.1) is 6.92 Å². The van der Waals surface area contributed by atoms with Gasteiger partial charge in [-0.3, -0.25) is 0 Å². The van der Waals surface area contributed by atoms with Gasteiger partial charge >= 0.3 is 6.18 Å². The molecule has 1 aromatic carbocycles. The monoisotopic (exact) mass is 290 g/mol. The molecule has 0 N–H and O–H groups in total. The summed E-state index contributed by atoms with van der Waals surface area (Å²) in [4.78, 5) is 0. The Morgan fingerprint density at radius 3 is 2.47 bits per heavy atom. The smallest absolute Gasteiger partial charge is 0.438 e. The van der Waals surface area contributed by atoms with Crippen LogP contribution in [-0.2, 0) is 6.18 Å². The molecule has 0 aliphatic rings. The SMILES string of the molecule is COc1c(C(F)(F)F)nn(-c2cccc(Cl)c2)c1C. The van der Waals surface area contributed by atoms with Gasteiger partial charge in [-0.25, -0.2) is 4.68 Å². The average Bonchev–Trinajstić information content (AvgIpc) is 2.66. The number of ether oxygens (including phenoxy) is 1. The summed E-state index contributed by atoms with van der Waals surface area (Å²) in [6.07, 6.45) is -4.57. The van der Waals surface area contributed by atoms with Crippen molar-refractivity contribution < 1.29 is 17.9 Å².